The Morgan fingerprint density at radius 2 is 1.88 bits per heavy atom. The number of benzene rings is 1. The highest BCUT2D eigenvalue weighted by Crippen LogP contribution is 2.22. The summed E-state index contributed by atoms with van der Waals surface area (Å²) >= 11 is 0. The number of rotatable bonds is 8. The molecule has 0 N–H and O–H groups in total. The van der Waals surface area contributed by atoms with E-state index in [0.717, 1.165) is 17.6 Å². The van der Waals surface area contributed by atoms with Crippen LogP contribution in [0.1, 0.15) is 48.0 Å². The minimum absolute atomic E-state index is 0.0542. The summed E-state index contributed by atoms with van der Waals surface area (Å²) in [6, 6.07) is 7.48. The number of fused-ring (bicyclic) bond motifs is 1. The highest BCUT2D eigenvalue weighted by Gasteiger charge is 2.23. The number of hydrogen-bond acceptors (Lipinski definition) is 4. The van der Waals surface area contributed by atoms with E-state index in [1.165, 1.54) is 0 Å². The molecular formula is C21H30N2O3. The van der Waals surface area contributed by atoms with Gasteiger partial charge in [0.05, 0.1) is 0 Å². The molecule has 0 fully saturated rings. The topological polar surface area (TPSA) is 55.6 Å². The summed E-state index contributed by atoms with van der Waals surface area (Å²) in [5.41, 5.74) is 2.42. The Bertz CT molecular complexity index is 726. The molecular weight excluding hydrogens is 328 g/mol. The smallest absolute Gasteiger partial charge is 0.395 e. The first-order chi connectivity index (χ1) is 12.3. The molecule has 1 amide bonds. The van der Waals surface area contributed by atoms with Gasteiger partial charge in [0.15, 0.2) is 12.2 Å². The van der Waals surface area contributed by atoms with Crippen molar-refractivity contribution in [1.82, 2.24) is 9.88 Å². The van der Waals surface area contributed by atoms with Gasteiger partial charge >= 0.3 is 6.08 Å². The third-order valence-corrected chi connectivity index (χ3v) is 3.83. The standard InChI is InChI=1S/C21H30N2O3/c1-14(2)11-17(12-15(3)4)23(16(5)6)20(24)13-25-21-22-18-9-7-8-10-19(18)26-21/h7-11,14-16H,12-13H2,1-6H3/b17-11-. The number of carbonyl (C=O) groups excluding carboxylic acids is 1. The van der Waals surface area contributed by atoms with E-state index >= 15 is 0 Å². The zero-order valence-corrected chi connectivity index (χ0v) is 16.7. The van der Waals surface area contributed by atoms with E-state index in [0.29, 0.717) is 17.4 Å². The molecule has 0 saturated carbocycles. The Morgan fingerprint density at radius 3 is 2.46 bits per heavy atom. The Hall–Kier alpha value is -2.30. The molecule has 0 unspecified atom stereocenters. The average Bonchev–Trinajstić information content (AvgIpc) is 2.94. The fourth-order valence-electron chi connectivity index (χ4n) is 2.94. The molecule has 142 valence electrons. The minimum atomic E-state index is -0.0987. The van der Waals surface area contributed by atoms with Crippen molar-refractivity contribution < 1.29 is 13.9 Å². The number of carbonyl (C=O) groups is 1. The van der Waals surface area contributed by atoms with Gasteiger partial charge in [-0.25, -0.2) is 0 Å². The Balaban J connectivity index is 2.13. The second-order valence-corrected chi connectivity index (χ2v) is 7.59. The maximum atomic E-state index is 12.9. The Labute approximate surface area is 156 Å². The summed E-state index contributed by atoms with van der Waals surface area (Å²) < 4.78 is 11.1. The van der Waals surface area contributed by atoms with Crippen LogP contribution in [-0.2, 0) is 4.79 Å². The fourth-order valence-corrected chi connectivity index (χ4v) is 2.94. The van der Waals surface area contributed by atoms with Gasteiger partial charge in [0, 0.05) is 11.7 Å². The number of amides is 1. The predicted octanol–water partition coefficient (Wildman–Crippen LogP) is 5.03. The van der Waals surface area contributed by atoms with E-state index in [1.807, 2.05) is 43.0 Å². The first-order valence-electron chi connectivity index (χ1n) is 9.29. The largest absolute Gasteiger partial charge is 0.440 e. The van der Waals surface area contributed by atoms with Crippen LogP contribution in [0.2, 0.25) is 0 Å². The van der Waals surface area contributed by atoms with Gasteiger partial charge in [0.1, 0.15) is 5.52 Å². The first-order valence-corrected chi connectivity index (χ1v) is 9.29. The van der Waals surface area contributed by atoms with Crippen molar-refractivity contribution in [2.45, 2.75) is 54.0 Å². The summed E-state index contributed by atoms with van der Waals surface area (Å²) in [7, 11) is 0. The lowest BCUT2D eigenvalue weighted by Crippen LogP contribution is -2.40. The van der Waals surface area contributed by atoms with Gasteiger partial charge in [0.2, 0.25) is 0 Å². The van der Waals surface area contributed by atoms with E-state index in [-0.39, 0.29) is 24.6 Å². The van der Waals surface area contributed by atoms with Gasteiger partial charge in [-0.15, -0.1) is 0 Å². The summed E-state index contributed by atoms with van der Waals surface area (Å²) in [6.45, 7) is 12.5. The molecule has 0 saturated heterocycles. The van der Waals surface area contributed by atoms with Crippen LogP contribution in [0.4, 0.5) is 0 Å². The fraction of sp³-hybridized carbons (Fsp3) is 0.524. The lowest BCUT2D eigenvalue weighted by atomic mass is 10.0. The number of oxazole rings is 1. The molecule has 0 aliphatic carbocycles. The van der Waals surface area contributed by atoms with Gasteiger partial charge in [-0.05, 0) is 44.2 Å². The van der Waals surface area contributed by atoms with Crippen LogP contribution in [0.25, 0.3) is 11.1 Å². The van der Waals surface area contributed by atoms with Crippen LogP contribution in [0.15, 0.2) is 40.5 Å². The van der Waals surface area contributed by atoms with E-state index in [1.54, 1.807) is 0 Å². The maximum absolute atomic E-state index is 12.9. The summed E-state index contributed by atoms with van der Waals surface area (Å²) in [4.78, 5) is 19.0. The normalized spacial score (nSPS) is 12.4. The van der Waals surface area contributed by atoms with E-state index in [9.17, 15) is 4.79 Å². The lowest BCUT2D eigenvalue weighted by molar-refractivity contribution is -0.133. The monoisotopic (exact) mass is 358 g/mol. The van der Waals surface area contributed by atoms with Crippen LogP contribution < -0.4 is 4.74 Å². The first kappa shape index (κ1) is 20.0. The molecule has 0 spiro atoms. The molecule has 0 aliphatic rings. The molecule has 26 heavy (non-hydrogen) atoms. The number of ether oxygens (including phenoxy) is 1. The molecule has 2 rings (SSSR count). The van der Waals surface area contributed by atoms with Crippen molar-refractivity contribution in [2.24, 2.45) is 11.8 Å². The molecule has 1 heterocycles. The number of hydrogen-bond donors (Lipinski definition) is 0. The number of allylic oxidation sites excluding steroid dienone is 2. The van der Waals surface area contributed by atoms with Gasteiger partial charge in [0.25, 0.3) is 5.91 Å². The lowest BCUT2D eigenvalue weighted by Gasteiger charge is -2.31. The highest BCUT2D eigenvalue weighted by atomic mass is 16.6. The second kappa shape index (κ2) is 8.88. The van der Waals surface area contributed by atoms with Crippen molar-refractivity contribution in [2.75, 3.05) is 6.61 Å². The van der Waals surface area contributed by atoms with Crippen molar-refractivity contribution in [1.29, 1.82) is 0 Å². The van der Waals surface area contributed by atoms with E-state index < -0.39 is 0 Å². The molecule has 0 radical (unpaired) electrons. The van der Waals surface area contributed by atoms with Crippen LogP contribution >= 0.6 is 0 Å². The molecule has 0 bridgehead atoms. The number of nitrogens with zero attached hydrogens (tertiary/aromatic N) is 2. The SMILES string of the molecule is CC(C)/C=C(/CC(C)C)N(C(=O)COc1nc2ccccc2o1)C(C)C. The number of aromatic nitrogens is 1. The Morgan fingerprint density at radius 1 is 1.19 bits per heavy atom. The summed E-state index contributed by atoms with van der Waals surface area (Å²) in [5, 5.41) is 0. The summed E-state index contributed by atoms with van der Waals surface area (Å²) in [5.74, 6) is 0.748. The number of para-hydroxylation sites is 2. The van der Waals surface area contributed by atoms with Crippen molar-refractivity contribution in [3.8, 4) is 6.08 Å². The predicted molar refractivity (Wildman–Crippen MR) is 104 cm³/mol. The van der Waals surface area contributed by atoms with Crippen LogP contribution in [-0.4, -0.2) is 28.4 Å². The van der Waals surface area contributed by atoms with Gasteiger partial charge in [-0.1, -0.05) is 45.9 Å². The van der Waals surface area contributed by atoms with E-state index in [4.69, 9.17) is 9.15 Å². The van der Waals surface area contributed by atoms with Gasteiger partial charge in [-0.2, -0.15) is 4.98 Å². The zero-order valence-electron chi connectivity index (χ0n) is 16.7. The molecule has 0 atom stereocenters. The maximum Gasteiger partial charge on any atom is 0.395 e. The summed E-state index contributed by atoms with van der Waals surface area (Å²) in [6.07, 6.45) is 3.14. The quantitative estimate of drug-likeness (QED) is 0.664. The highest BCUT2D eigenvalue weighted by molar-refractivity contribution is 5.80. The Kier molecular flexibility index (Phi) is 6.83. The minimum Gasteiger partial charge on any atom is -0.440 e. The molecule has 1 aromatic carbocycles. The molecule has 5 heteroatoms. The van der Waals surface area contributed by atoms with E-state index in [2.05, 4.69) is 38.8 Å². The van der Waals surface area contributed by atoms with Crippen molar-refractivity contribution >= 4 is 17.0 Å². The second-order valence-electron chi connectivity index (χ2n) is 7.59. The van der Waals surface area contributed by atoms with Crippen LogP contribution in [0, 0.1) is 11.8 Å². The molecule has 5 nitrogen and oxygen atoms in total. The van der Waals surface area contributed by atoms with Crippen molar-refractivity contribution in [3.05, 3.63) is 36.0 Å². The average molecular weight is 358 g/mol. The zero-order chi connectivity index (χ0) is 19.3. The molecule has 1 aromatic heterocycles. The van der Waals surface area contributed by atoms with Gasteiger partial charge in [-0.3, -0.25) is 4.79 Å². The molecule has 2 aromatic rings. The van der Waals surface area contributed by atoms with Gasteiger partial charge < -0.3 is 14.1 Å². The third kappa shape index (κ3) is 5.35. The van der Waals surface area contributed by atoms with Crippen molar-refractivity contribution in [3.63, 3.8) is 0 Å². The molecule has 0 aliphatic heterocycles. The van der Waals surface area contributed by atoms with Crippen LogP contribution in [0.3, 0.4) is 0 Å². The third-order valence-electron chi connectivity index (χ3n) is 3.83. The van der Waals surface area contributed by atoms with Crippen LogP contribution in [0.5, 0.6) is 6.08 Å².